The van der Waals surface area contributed by atoms with Gasteiger partial charge in [-0.25, -0.2) is 0 Å². The Morgan fingerprint density at radius 3 is 2.54 bits per heavy atom. The number of carbonyl (C=O) groups excluding carboxylic acids is 2. The van der Waals surface area contributed by atoms with E-state index in [9.17, 15) is 9.59 Å². The number of allylic oxidation sites excluding steroid dienone is 1. The van der Waals surface area contributed by atoms with Crippen LogP contribution in [-0.2, 0) is 19.1 Å². The lowest BCUT2D eigenvalue weighted by Gasteiger charge is -2.54. The standard InChI is InChI=1S/C22H30O4/c1-6-19(4,15-23)14-17(24)20(5)16(3)8-9-21(7-2)10-11-22(18(20)21)25-12-13-26-22/h2,6,15-16,18H,1,8-14H2,3-5H3/t16-,18?,19+,20?,21+/m1/s1. The number of carbonyl (C=O) groups is 2. The van der Waals surface area contributed by atoms with E-state index in [4.69, 9.17) is 15.9 Å². The second-order valence-corrected chi connectivity index (χ2v) is 8.89. The first kappa shape index (κ1) is 19.3. The molecule has 2 saturated carbocycles. The Morgan fingerprint density at radius 1 is 1.35 bits per heavy atom. The van der Waals surface area contributed by atoms with Gasteiger partial charge in [-0.05, 0) is 32.1 Å². The fourth-order valence-electron chi connectivity index (χ4n) is 5.61. The number of ether oxygens (including phenoxy) is 2. The molecule has 0 amide bonds. The molecule has 2 aliphatic carbocycles. The van der Waals surface area contributed by atoms with Crippen molar-refractivity contribution in [1.82, 2.24) is 0 Å². The van der Waals surface area contributed by atoms with Crippen molar-refractivity contribution < 1.29 is 19.1 Å². The number of hydrogen-bond donors (Lipinski definition) is 0. The van der Waals surface area contributed by atoms with Crippen LogP contribution in [0.1, 0.15) is 52.9 Å². The summed E-state index contributed by atoms with van der Waals surface area (Å²) in [7, 11) is 0. The van der Waals surface area contributed by atoms with E-state index in [-0.39, 0.29) is 29.5 Å². The van der Waals surface area contributed by atoms with Crippen molar-refractivity contribution in [2.45, 2.75) is 58.7 Å². The molecule has 0 N–H and O–H groups in total. The summed E-state index contributed by atoms with van der Waals surface area (Å²) >= 11 is 0. The molecule has 3 rings (SSSR count). The van der Waals surface area contributed by atoms with Gasteiger partial charge in [-0.1, -0.05) is 25.8 Å². The van der Waals surface area contributed by atoms with Crippen molar-refractivity contribution in [2.24, 2.45) is 28.1 Å². The highest BCUT2D eigenvalue weighted by Gasteiger charge is 2.70. The smallest absolute Gasteiger partial charge is 0.173 e. The van der Waals surface area contributed by atoms with Crippen LogP contribution in [0.15, 0.2) is 12.7 Å². The van der Waals surface area contributed by atoms with Crippen LogP contribution >= 0.6 is 0 Å². The van der Waals surface area contributed by atoms with Gasteiger partial charge < -0.3 is 14.3 Å². The monoisotopic (exact) mass is 358 g/mol. The normalized spacial score (nSPS) is 40.4. The van der Waals surface area contributed by atoms with Crippen molar-refractivity contribution in [1.29, 1.82) is 0 Å². The lowest BCUT2D eigenvalue weighted by molar-refractivity contribution is -0.232. The van der Waals surface area contributed by atoms with Gasteiger partial charge in [0.25, 0.3) is 0 Å². The molecule has 1 heterocycles. The Kier molecular flexibility index (Phi) is 4.70. The van der Waals surface area contributed by atoms with E-state index >= 15 is 0 Å². The number of aldehydes is 1. The van der Waals surface area contributed by atoms with Crippen LogP contribution in [0.25, 0.3) is 0 Å². The maximum atomic E-state index is 13.6. The van der Waals surface area contributed by atoms with Gasteiger partial charge in [0.15, 0.2) is 5.79 Å². The van der Waals surface area contributed by atoms with Crippen LogP contribution < -0.4 is 0 Å². The quantitative estimate of drug-likeness (QED) is 0.428. The highest BCUT2D eigenvalue weighted by Crippen LogP contribution is 2.67. The number of rotatable bonds is 5. The van der Waals surface area contributed by atoms with Gasteiger partial charge in [-0.2, -0.15) is 0 Å². The molecular formula is C22H30O4. The first-order chi connectivity index (χ1) is 12.2. The van der Waals surface area contributed by atoms with E-state index < -0.39 is 16.6 Å². The van der Waals surface area contributed by atoms with Crippen LogP contribution in [0, 0.1) is 40.4 Å². The molecule has 1 saturated heterocycles. The van der Waals surface area contributed by atoms with Gasteiger partial charge in [-0.3, -0.25) is 4.79 Å². The Morgan fingerprint density at radius 2 is 2.00 bits per heavy atom. The summed E-state index contributed by atoms with van der Waals surface area (Å²) < 4.78 is 12.2. The minimum Gasteiger partial charge on any atom is -0.347 e. The Labute approximate surface area is 156 Å². The van der Waals surface area contributed by atoms with Crippen LogP contribution in [0.5, 0.6) is 0 Å². The minimum atomic E-state index is -0.862. The fourth-order valence-corrected chi connectivity index (χ4v) is 5.61. The predicted octanol–water partition coefficient (Wildman–Crippen LogP) is 3.55. The van der Waals surface area contributed by atoms with Crippen molar-refractivity contribution >= 4 is 12.1 Å². The Hall–Kier alpha value is -1.44. The number of terminal acetylenes is 1. The molecule has 4 nitrogen and oxygen atoms in total. The maximum absolute atomic E-state index is 13.6. The highest BCUT2D eigenvalue weighted by atomic mass is 16.7. The highest BCUT2D eigenvalue weighted by molar-refractivity contribution is 5.89. The van der Waals surface area contributed by atoms with Gasteiger partial charge in [0.1, 0.15) is 12.1 Å². The largest absolute Gasteiger partial charge is 0.347 e. The molecular weight excluding hydrogens is 328 g/mol. The molecule has 3 fully saturated rings. The zero-order valence-electron chi connectivity index (χ0n) is 16.2. The van der Waals surface area contributed by atoms with Gasteiger partial charge in [0, 0.05) is 35.0 Å². The third-order valence-corrected chi connectivity index (χ3v) is 7.50. The maximum Gasteiger partial charge on any atom is 0.173 e. The molecule has 3 aliphatic rings. The lowest BCUT2D eigenvalue weighted by Crippen LogP contribution is -2.58. The predicted molar refractivity (Wildman–Crippen MR) is 99.1 cm³/mol. The molecule has 142 valence electrons. The molecule has 0 aromatic rings. The first-order valence-electron chi connectivity index (χ1n) is 9.61. The SMILES string of the molecule is C#C[C@@]12CC[C@@H](C)C(C)(C(=O)C[C@](C)(C=C)C=O)C1C1(CC2)OCCO1. The zero-order chi connectivity index (χ0) is 19.2. The van der Waals surface area contributed by atoms with Gasteiger partial charge in [0.2, 0.25) is 0 Å². The fraction of sp³-hybridized carbons (Fsp3) is 0.727. The van der Waals surface area contributed by atoms with E-state index in [2.05, 4.69) is 19.4 Å². The summed E-state index contributed by atoms with van der Waals surface area (Å²) in [6, 6.07) is 0. The summed E-state index contributed by atoms with van der Waals surface area (Å²) in [6.07, 6.45) is 11.9. The van der Waals surface area contributed by atoms with Crippen LogP contribution in [-0.4, -0.2) is 31.1 Å². The summed E-state index contributed by atoms with van der Waals surface area (Å²) in [5.41, 5.74) is -1.94. The average molecular weight is 358 g/mol. The first-order valence-corrected chi connectivity index (χ1v) is 9.61. The van der Waals surface area contributed by atoms with Gasteiger partial charge in [0.05, 0.1) is 13.2 Å². The second-order valence-electron chi connectivity index (χ2n) is 8.89. The molecule has 0 aromatic carbocycles. The lowest BCUT2D eigenvalue weighted by atomic mass is 9.49. The van der Waals surface area contributed by atoms with Gasteiger partial charge in [-0.15, -0.1) is 13.0 Å². The molecule has 1 spiro atoms. The second kappa shape index (κ2) is 6.32. The van der Waals surface area contributed by atoms with E-state index in [1.807, 2.05) is 6.92 Å². The molecule has 4 heteroatoms. The van der Waals surface area contributed by atoms with Crippen LogP contribution in [0.3, 0.4) is 0 Å². The Balaban J connectivity index is 2.07. The number of Topliss-reactive ketones (excluding diaryl/α,β-unsaturated/α-hetero) is 1. The molecule has 0 radical (unpaired) electrons. The Bertz CT molecular complexity index is 646. The van der Waals surface area contributed by atoms with Crippen molar-refractivity contribution in [3.63, 3.8) is 0 Å². The van der Waals surface area contributed by atoms with E-state index in [0.717, 1.165) is 32.0 Å². The van der Waals surface area contributed by atoms with Crippen molar-refractivity contribution in [2.75, 3.05) is 13.2 Å². The van der Waals surface area contributed by atoms with Crippen LogP contribution in [0.4, 0.5) is 0 Å². The summed E-state index contributed by atoms with van der Waals surface area (Å²) in [6.45, 7) is 10.7. The molecule has 0 bridgehead atoms. The van der Waals surface area contributed by atoms with E-state index in [1.165, 1.54) is 0 Å². The number of hydrogen-bond acceptors (Lipinski definition) is 4. The van der Waals surface area contributed by atoms with E-state index in [1.54, 1.807) is 13.0 Å². The summed E-state index contributed by atoms with van der Waals surface area (Å²) in [5.74, 6) is 2.30. The summed E-state index contributed by atoms with van der Waals surface area (Å²) in [5, 5.41) is 0. The molecule has 5 atom stereocenters. The third kappa shape index (κ3) is 2.52. The van der Waals surface area contributed by atoms with Crippen LogP contribution in [0.2, 0.25) is 0 Å². The summed E-state index contributed by atoms with van der Waals surface area (Å²) in [4.78, 5) is 25.2. The third-order valence-electron chi connectivity index (χ3n) is 7.50. The zero-order valence-corrected chi connectivity index (χ0v) is 16.2. The topological polar surface area (TPSA) is 52.6 Å². The molecule has 1 aliphatic heterocycles. The van der Waals surface area contributed by atoms with Gasteiger partial charge >= 0.3 is 0 Å². The minimum absolute atomic E-state index is 0.0594. The molecule has 26 heavy (non-hydrogen) atoms. The van der Waals surface area contributed by atoms with E-state index in [0.29, 0.717) is 13.2 Å². The number of fused-ring (bicyclic) bond motifs is 2. The average Bonchev–Trinajstić information content (AvgIpc) is 3.25. The molecule has 2 unspecified atom stereocenters. The molecule has 0 aromatic heterocycles. The van der Waals surface area contributed by atoms with Crippen molar-refractivity contribution in [3.05, 3.63) is 12.7 Å². The number of ketones is 1. The van der Waals surface area contributed by atoms with Crippen molar-refractivity contribution in [3.8, 4) is 12.3 Å².